The Morgan fingerprint density at radius 3 is 2.76 bits per heavy atom. The number of amides is 2. The van der Waals surface area contributed by atoms with E-state index in [-0.39, 0.29) is 18.9 Å². The average Bonchev–Trinajstić information content (AvgIpc) is 2.71. The lowest BCUT2D eigenvalue weighted by atomic mass is 10.3. The van der Waals surface area contributed by atoms with Crippen molar-refractivity contribution in [2.24, 2.45) is 0 Å². The van der Waals surface area contributed by atoms with Gasteiger partial charge in [0.1, 0.15) is 0 Å². The lowest BCUT2D eigenvalue weighted by Gasteiger charge is -2.11. The lowest BCUT2D eigenvalue weighted by molar-refractivity contribution is -0.140. The molecular weight excluding hydrogens is 276 g/mol. The number of anilines is 1. The van der Waals surface area contributed by atoms with E-state index >= 15 is 0 Å². The first-order valence-electron chi connectivity index (χ1n) is 6.70. The standard InChI is InChI=1S/C14H18N2O5/c1-19-13(17)5-6-15-14(18)16-10-3-4-11-12(9-10)21-8-2-7-20-11/h3-4,9H,2,5-8H2,1H3,(H2,15,16,18). The number of nitrogens with one attached hydrogen (secondary N) is 2. The van der Waals surface area contributed by atoms with E-state index in [1.807, 2.05) is 0 Å². The van der Waals surface area contributed by atoms with Crippen molar-refractivity contribution in [2.75, 3.05) is 32.2 Å². The van der Waals surface area contributed by atoms with Crippen LogP contribution in [0.1, 0.15) is 12.8 Å². The van der Waals surface area contributed by atoms with Crippen LogP contribution in [-0.2, 0) is 9.53 Å². The zero-order valence-electron chi connectivity index (χ0n) is 11.8. The van der Waals surface area contributed by atoms with E-state index in [1.165, 1.54) is 7.11 Å². The zero-order valence-corrected chi connectivity index (χ0v) is 11.8. The van der Waals surface area contributed by atoms with Gasteiger partial charge in [-0.25, -0.2) is 4.79 Å². The van der Waals surface area contributed by atoms with Gasteiger partial charge in [0.2, 0.25) is 0 Å². The van der Waals surface area contributed by atoms with Crippen LogP contribution in [0.2, 0.25) is 0 Å². The molecule has 0 aliphatic carbocycles. The molecule has 0 fully saturated rings. The minimum atomic E-state index is -0.395. The number of ether oxygens (including phenoxy) is 3. The maximum atomic E-state index is 11.7. The van der Waals surface area contributed by atoms with E-state index in [0.29, 0.717) is 30.4 Å². The first-order chi connectivity index (χ1) is 10.2. The fourth-order valence-electron chi connectivity index (χ4n) is 1.80. The van der Waals surface area contributed by atoms with Crippen molar-refractivity contribution in [1.82, 2.24) is 5.32 Å². The number of rotatable bonds is 4. The quantitative estimate of drug-likeness (QED) is 0.823. The highest BCUT2D eigenvalue weighted by Gasteiger charge is 2.11. The molecule has 21 heavy (non-hydrogen) atoms. The molecule has 2 N–H and O–H groups in total. The van der Waals surface area contributed by atoms with Gasteiger partial charge in [-0.05, 0) is 12.1 Å². The third kappa shape index (κ3) is 4.55. The Labute approximate surface area is 122 Å². The summed E-state index contributed by atoms with van der Waals surface area (Å²) in [5.74, 6) is 0.912. The van der Waals surface area contributed by atoms with E-state index in [1.54, 1.807) is 18.2 Å². The predicted molar refractivity (Wildman–Crippen MR) is 75.7 cm³/mol. The molecule has 1 aromatic carbocycles. The molecule has 0 atom stereocenters. The Morgan fingerprint density at radius 1 is 1.24 bits per heavy atom. The van der Waals surface area contributed by atoms with Gasteiger partial charge in [0.15, 0.2) is 11.5 Å². The number of carbonyl (C=O) groups excluding carboxylic acids is 2. The number of carbonyl (C=O) groups is 2. The van der Waals surface area contributed by atoms with Crippen LogP contribution in [0.15, 0.2) is 18.2 Å². The molecule has 1 aliphatic rings. The van der Waals surface area contributed by atoms with Crippen molar-refractivity contribution in [3.05, 3.63) is 18.2 Å². The highest BCUT2D eigenvalue weighted by atomic mass is 16.5. The summed E-state index contributed by atoms with van der Waals surface area (Å²) < 4.78 is 15.5. The van der Waals surface area contributed by atoms with Gasteiger partial charge in [-0.2, -0.15) is 0 Å². The molecule has 2 rings (SSSR count). The third-order valence-electron chi connectivity index (χ3n) is 2.85. The second kappa shape index (κ2) is 7.37. The maximum absolute atomic E-state index is 11.7. The maximum Gasteiger partial charge on any atom is 0.319 e. The van der Waals surface area contributed by atoms with Crippen LogP contribution in [-0.4, -0.2) is 38.9 Å². The van der Waals surface area contributed by atoms with Crippen molar-refractivity contribution < 1.29 is 23.8 Å². The van der Waals surface area contributed by atoms with Gasteiger partial charge < -0.3 is 24.8 Å². The summed E-state index contributed by atoms with van der Waals surface area (Å²) in [6, 6.07) is 4.80. The second-order valence-electron chi connectivity index (χ2n) is 4.42. The van der Waals surface area contributed by atoms with E-state index < -0.39 is 6.03 Å². The summed E-state index contributed by atoms with van der Waals surface area (Å²) in [6.07, 6.45) is 0.955. The second-order valence-corrected chi connectivity index (χ2v) is 4.42. The molecule has 0 saturated heterocycles. The fraction of sp³-hybridized carbons (Fsp3) is 0.429. The molecule has 114 valence electrons. The molecule has 0 aromatic heterocycles. The summed E-state index contributed by atoms with van der Waals surface area (Å²) in [7, 11) is 1.31. The minimum absolute atomic E-state index is 0.130. The van der Waals surface area contributed by atoms with Crippen LogP contribution >= 0.6 is 0 Å². The zero-order chi connectivity index (χ0) is 15.1. The van der Waals surface area contributed by atoms with Crippen molar-refractivity contribution >= 4 is 17.7 Å². The number of hydrogen-bond donors (Lipinski definition) is 2. The van der Waals surface area contributed by atoms with Gasteiger partial charge in [-0.3, -0.25) is 4.79 Å². The van der Waals surface area contributed by atoms with E-state index in [2.05, 4.69) is 15.4 Å². The number of benzene rings is 1. The molecule has 0 unspecified atom stereocenters. The molecule has 1 aliphatic heterocycles. The first kappa shape index (κ1) is 15.0. The van der Waals surface area contributed by atoms with Gasteiger partial charge in [0.25, 0.3) is 0 Å². The summed E-state index contributed by atoms with van der Waals surface area (Å²) >= 11 is 0. The van der Waals surface area contributed by atoms with Gasteiger partial charge in [-0.15, -0.1) is 0 Å². The summed E-state index contributed by atoms with van der Waals surface area (Å²) in [6.45, 7) is 1.42. The molecule has 0 spiro atoms. The Hall–Kier alpha value is -2.44. The van der Waals surface area contributed by atoms with Crippen LogP contribution in [0.4, 0.5) is 10.5 Å². The minimum Gasteiger partial charge on any atom is -0.490 e. The first-order valence-corrected chi connectivity index (χ1v) is 6.70. The number of fused-ring (bicyclic) bond motifs is 1. The van der Waals surface area contributed by atoms with E-state index in [9.17, 15) is 9.59 Å². The van der Waals surface area contributed by atoms with Crippen LogP contribution in [0, 0.1) is 0 Å². The summed E-state index contributed by atoms with van der Waals surface area (Å²) in [5, 5.41) is 5.23. The number of methoxy groups -OCH3 is 1. The Morgan fingerprint density at radius 2 is 2.00 bits per heavy atom. The molecule has 7 heteroatoms. The monoisotopic (exact) mass is 294 g/mol. The lowest BCUT2D eigenvalue weighted by Crippen LogP contribution is -2.30. The summed E-state index contributed by atoms with van der Waals surface area (Å²) in [5.41, 5.74) is 0.592. The number of esters is 1. The number of hydrogen-bond acceptors (Lipinski definition) is 5. The SMILES string of the molecule is COC(=O)CCNC(=O)Nc1ccc2c(c1)OCCCO2. The van der Waals surface area contributed by atoms with Gasteiger partial charge in [0, 0.05) is 24.7 Å². The molecule has 0 bridgehead atoms. The molecule has 2 amide bonds. The van der Waals surface area contributed by atoms with Gasteiger partial charge in [0.05, 0.1) is 26.7 Å². The molecule has 7 nitrogen and oxygen atoms in total. The van der Waals surface area contributed by atoms with Crippen molar-refractivity contribution in [2.45, 2.75) is 12.8 Å². The molecule has 1 heterocycles. The highest BCUT2D eigenvalue weighted by molar-refractivity contribution is 5.89. The smallest absolute Gasteiger partial charge is 0.319 e. The van der Waals surface area contributed by atoms with Crippen molar-refractivity contribution in [3.63, 3.8) is 0 Å². The topological polar surface area (TPSA) is 85.9 Å². The van der Waals surface area contributed by atoms with E-state index in [4.69, 9.17) is 9.47 Å². The fourth-order valence-corrected chi connectivity index (χ4v) is 1.80. The Balaban J connectivity index is 1.86. The van der Waals surface area contributed by atoms with Crippen LogP contribution < -0.4 is 20.1 Å². The van der Waals surface area contributed by atoms with E-state index in [0.717, 1.165) is 6.42 Å². The Bertz CT molecular complexity index is 518. The van der Waals surface area contributed by atoms with Gasteiger partial charge in [-0.1, -0.05) is 0 Å². The Kier molecular flexibility index (Phi) is 5.25. The molecule has 0 radical (unpaired) electrons. The van der Waals surface area contributed by atoms with Crippen LogP contribution in [0.25, 0.3) is 0 Å². The van der Waals surface area contributed by atoms with Crippen LogP contribution in [0.5, 0.6) is 11.5 Å². The van der Waals surface area contributed by atoms with Crippen molar-refractivity contribution in [3.8, 4) is 11.5 Å². The summed E-state index contributed by atoms with van der Waals surface area (Å²) in [4.78, 5) is 22.6. The third-order valence-corrected chi connectivity index (χ3v) is 2.85. The van der Waals surface area contributed by atoms with Crippen LogP contribution in [0.3, 0.4) is 0 Å². The largest absolute Gasteiger partial charge is 0.490 e. The average molecular weight is 294 g/mol. The molecule has 0 saturated carbocycles. The van der Waals surface area contributed by atoms with Gasteiger partial charge >= 0.3 is 12.0 Å². The molecular formula is C14H18N2O5. The van der Waals surface area contributed by atoms with Crippen molar-refractivity contribution in [1.29, 1.82) is 0 Å². The highest BCUT2D eigenvalue weighted by Crippen LogP contribution is 2.32. The number of urea groups is 1. The molecule has 1 aromatic rings. The predicted octanol–water partition coefficient (Wildman–Crippen LogP) is 1.53. The normalized spacial score (nSPS) is 13.0.